The quantitative estimate of drug-likeness (QED) is 0.516. The molecule has 158 valence electrons. The third kappa shape index (κ3) is 5.44. The fraction of sp³-hybridized carbons (Fsp3) is 0.286. The molecule has 0 fully saturated rings. The normalized spacial score (nSPS) is 12.6. The first-order valence-corrected chi connectivity index (χ1v) is 9.37. The summed E-state index contributed by atoms with van der Waals surface area (Å²) in [5, 5.41) is 15.7. The molecular weight excluding hydrogens is 395 g/mol. The molecule has 0 saturated heterocycles. The molecule has 0 saturated carbocycles. The van der Waals surface area contributed by atoms with Crippen LogP contribution in [0.5, 0.6) is 0 Å². The largest absolute Gasteiger partial charge is 0.416 e. The molecule has 1 atom stereocenters. The number of nitrogens with zero attached hydrogens (tertiary/aromatic N) is 3. The molecule has 6 nitrogen and oxygen atoms in total. The summed E-state index contributed by atoms with van der Waals surface area (Å²) in [5.74, 6) is 0.817. The fourth-order valence-electron chi connectivity index (χ4n) is 2.72. The molecule has 0 radical (unpaired) electrons. The third-order valence-electron chi connectivity index (χ3n) is 4.48. The summed E-state index contributed by atoms with van der Waals surface area (Å²) < 4.78 is 38.4. The zero-order valence-corrected chi connectivity index (χ0v) is 16.5. The van der Waals surface area contributed by atoms with Gasteiger partial charge in [0.15, 0.2) is 0 Å². The first-order chi connectivity index (χ1) is 14.3. The number of nitrogens with one attached hydrogen (secondary N) is 2. The second-order valence-corrected chi connectivity index (χ2v) is 7.08. The average Bonchev–Trinajstić information content (AvgIpc) is 2.72. The Bertz CT molecular complexity index is 963. The number of aromatic nitrogens is 3. The summed E-state index contributed by atoms with van der Waals surface area (Å²) in [7, 11) is 0. The zero-order chi connectivity index (χ0) is 21.7. The number of aliphatic hydroxyl groups is 1. The van der Waals surface area contributed by atoms with Gasteiger partial charge in [-0.3, -0.25) is 4.98 Å². The van der Waals surface area contributed by atoms with Gasteiger partial charge in [0.2, 0.25) is 5.95 Å². The molecule has 1 aromatic carbocycles. The first-order valence-electron chi connectivity index (χ1n) is 9.37. The van der Waals surface area contributed by atoms with Gasteiger partial charge in [-0.05, 0) is 42.3 Å². The lowest BCUT2D eigenvalue weighted by Crippen LogP contribution is -2.30. The summed E-state index contributed by atoms with van der Waals surface area (Å²) in [5.41, 5.74) is 1.06. The number of anilines is 3. The minimum Gasteiger partial charge on any atom is -0.394 e. The topological polar surface area (TPSA) is 83.0 Å². The van der Waals surface area contributed by atoms with Crippen molar-refractivity contribution in [2.24, 2.45) is 5.92 Å². The van der Waals surface area contributed by atoms with E-state index >= 15 is 0 Å². The number of hydrogen-bond acceptors (Lipinski definition) is 6. The van der Waals surface area contributed by atoms with Crippen LogP contribution in [0.15, 0.2) is 54.9 Å². The predicted molar refractivity (Wildman–Crippen MR) is 109 cm³/mol. The SMILES string of the molecule is CC(C)[C@@H](CO)Nc1nc(Nc2ccc(C(F)(F)F)cc2)cc(-c2cccnc2)n1. The Morgan fingerprint density at radius 3 is 2.37 bits per heavy atom. The second-order valence-electron chi connectivity index (χ2n) is 7.08. The number of benzene rings is 1. The summed E-state index contributed by atoms with van der Waals surface area (Å²) in [4.78, 5) is 13.0. The van der Waals surface area contributed by atoms with Crippen molar-refractivity contribution in [3.63, 3.8) is 0 Å². The molecule has 2 heterocycles. The fourth-order valence-corrected chi connectivity index (χ4v) is 2.72. The lowest BCUT2D eigenvalue weighted by Gasteiger charge is -2.20. The molecular formula is C21H22F3N5O. The van der Waals surface area contributed by atoms with Crippen LogP contribution in [0, 0.1) is 5.92 Å². The Morgan fingerprint density at radius 1 is 1.07 bits per heavy atom. The van der Waals surface area contributed by atoms with Crippen molar-refractivity contribution in [3.05, 3.63) is 60.4 Å². The van der Waals surface area contributed by atoms with Crippen LogP contribution in [0.2, 0.25) is 0 Å². The monoisotopic (exact) mass is 417 g/mol. The van der Waals surface area contributed by atoms with Gasteiger partial charge in [-0.1, -0.05) is 13.8 Å². The molecule has 30 heavy (non-hydrogen) atoms. The van der Waals surface area contributed by atoms with E-state index in [1.807, 2.05) is 19.9 Å². The van der Waals surface area contributed by atoms with Crippen LogP contribution in [0.4, 0.5) is 30.6 Å². The van der Waals surface area contributed by atoms with Gasteiger partial charge in [-0.15, -0.1) is 0 Å². The molecule has 2 aromatic heterocycles. The number of rotatable bonds is 7. The Hall–Kier alpha value is -3.20. The summed E-state index contributed by atoms with van der Waals surface area (Å²) in [6.07, 6.45) is -1.10. The maximum atomic E-state index is 12.8. The standard InChI is InChI=1S/C21H22F3N5O/c1-13(2)18(12-30)28-20-27-17(14-4-3-9-25-11-14)10-19(29-20)26-16-7-5-15(6-8-16)21(22,23)24/h3-11,13,18,30H,12H2,1-2H3,(H2,26,27,28,29)/t18-/m1/s1. The molecule has 0 aliphatic heterocycles. The van der Waals surface area contributed by atoms with E-state index in [0.717, 1.165) is 17.7 Å². The molecule has 3 rings (SSSR count). The average molecular weight is 417 g/mol. The molecule has 0 amide bonds. The minimum absolute atomic E-state index is 0.0974. The van der Waals surface area contributed by atoms with E-state index in [2.05, 4.69) is 25.6 Å². The molecule has 0 bridgehead atoms. The summed E-state index contributed by atoms with van der Waals surface area (Å²) in [6.45, 7) is 3.82. The van der Waals surface area contributed by atoms with Gasteiger partial charge in [0, 0.05) is 29.7 Å². The first kappa shape index (κ1) is 21.5. The maximum absolute atomic E-state index is 12.8. The Labute approximate surface area is 172 Å². The Kier molecular flexibility index (Phi) is 6.51. The highest BCUT2D eigenvalue weighted by Gasteiger charge is 2.30. The lowest BCUT2D eigenvalue weighted by atomic mass is 10.1. The number of alkyl halides is 3. The molecule has 3 N–H and O–H groups in total. The molecule has 0 spiro atoms. The molecule has 3 aromatic rings. The van der Waals surface area contributed by atoms with E-state index in [4.69, 9.17) is 0 Å². The second kappa shape index (κ2) is 9.08. The predicted octanol–water partition coefficient (Wildman–Crippen LogP) is 4.73. The molecule has 9 heteroatoms. The van der Waals surface area contributed by atoms with Crippen molar-refractivity contribution in [1.82, 2.24) is 15.0 Å². The number of halogens is 3. The Morgan fingerprint density at radius 2 is 1.80 bits per heavy atom. The van der Waals surface area contributed by atoms with Gasteiger partial charge >= 0.3 is 6.18 Å². The smallest absolute Gasteiger partial charge is 0.394 e. The lowest BCUT2D eigenvalue weighted by molar-refractivity contribution is -0.137. The summed E-state index contributed by atoms with van der Waals surface area (Å²) in [6, 6.07) is 9.73. The van der Waals surface area contributed by atoms with Crippen molar-refractivity contribution < 1.29 is 18.3 Å². The van der Waals surface area contributed by atoms with Gasteiger partial charge in [0.25, 0.3) is 0 Å². The van der Waals surface area contributed by atoms with Gasteiger partial charge in [0.05, 0.1) is 23.9 Å². The van der Waals surface area contributed by atoms with Crippen molar-refractivity contribution in [3.8, 4) is 11.3 Å². The van der Waals surface area contributed by atoms with Crippen molar-refractivity contribution in [1.29, 1.82) is 0 Å². The van der Waals surface area contributed by atoms with E-state index in [1.165, 1.54) is 12.1 Å². The highest BCUT2D eigenvalue weighted by atomic mass is 19.4. The Balaban J connectivity index is 1.93. The van der Waals surface area contributed by atoms with Gasteiger partial charge in [-0.25, -0.2) is 4.98 Å². The van der Waals surface area contributed by atoms with Crippen LogP contribution < -0.4 is 10.6 Å². The van der Waals surface area contributed by atoms with Gasteiger partial charge in [0.1, 0.15) is 5.82 Å². The molecule has 0 aliphatic rings. The van der Waals surface area contributed by atoms with Crippen molar-refractivity contribution in [2.75, 3.05) is 17.2 Å². The third-order valence-corrected chi connectivity index (χ3v) is 4.48. The van der Waals surface area contributed by atoms with E-state index < -0.39 is 11.7 Å². The van der Waals surface area contributed by atoms with Gasteiger partial charge in [-0.2, -0.15) is 18.2 Å². The van der Waals surface area contributed by atoms with Crippen molar-refractivity contribution in [2.45, 2.75) is 26.1 Å². The molecule has 0 unspecified atom stereocenters. The van der Waals surface area contributed by atoms with E-state index in [1.54, 1.807) is 24.5 Å². The van der Waals surface area contributed by atoms with Crippen LogP contribution >= 0.6 is 0 Å². The van der Waals surface area contributed by atoms with Crippen LogP contribution in [-0.4, -0.2) is 32.7 Å². The maximum Gasteiger partial charge on any atom is 0.416 e. The van der Waals surface area contributed by atoms with Crippen LogP contribution in [0.3, 0.4) is 0 Å². The highest BCUT2D eigenvalue weighted by Crippen LogP contribution is 2.30. The van der Waals surface area contributed by atoms with Crippen LogP contribution in [-0.2, 0) is 6.18 Å². The number of hydrogen-bond donors (Lipinski definition) is 3. The van der Waals surface area contributed by atoms with E-state index in [0.29, 0.717) is 23.1 Å². The summed E-state index contributed by atoms with van der Waals surface area (Å²) >= 11 is 0. The minimum atomic E-state index is -4.39. The van der Waals surface area contributed by atoms with Crippen LogP contribution in [0.1, 0.15) is 19.4 Å². The molecule has 0 aliphatic carbocycles. The number of pyridine rings is 1. The van der Waals surface area contributed by atoms with Crippen LogP contribution in [0.25, 0.3) is 11.3 Å². The number of aliphatic hydroxyl groups excluding tert-OH is 1. The van der Waals surface area contributed by atoms with E-state index in [9.17, 15) is 18.3 Å². The van der Waals surface area contributed by atoms with E-state index in [-0.39, 0.29) is 18.6 Å². The highest BCUT2D eigenvalue weighted by molar-refractivity contribution is 5.67. The van der Waals surface area contributed by atoms with Crippen molar-refractivity contribution >= 4 is 17.5 Å². The van der Waals surface area contributed by atoms with Gasteiger partial charge < -0.3 is 15.7 Å². The zero-order valence-electron chi connectivity index (χ0n) is 16.5.